The Morgan fingerprint density at radius 1 is 1.40 bits per heavy atom. The average Bonchev–Trinajstić information content (AvgIpc) is 3.21. The lowest BCUT2D eigenvalue weighted by Crippen LogP contribution is -2.37. The summed E-state index contributed by atoms with van der Waals surface area (Å²) in [5.41, 5.74) is 5.24. The van der Waals surface area contributed by atoms with Crippen molar-refractivity contribution < 1.29 is 32.4 Å². The first-order chi connectivity index (χ1) is 16.7. The first-order valence-corrected chi connectivity index (χ1v) is 13.0. The fraction of sp³-hybridized carbons (Fsp3) is 0.381. The minimum atomic E-state index is -3.98. The van der Waals surface area contributed by atoms with E-state index in [1.54, 1.807) is 24.3 Å². The molecule has 188 valence electrons. The molecule has 4 rings (SSSR count). The number of H-pyrrole nitrogens is 1. The number of nitrogens with one attached hydrogen (secondary N) is 1. The van der Waals surface area contributed by atoms with Crippen LogP contribution in [0.25, 0.3) is 6.08 Å². The number of halogens is 1. The van der Waals surface area contributed by atoms with Gasteiger partial charge in [-0.05, 0) is 24.1 Å². The van der Waals surface area contributed by atoms with Gasteiger partial charge in [-0.25, -0.2) is 9.36 Å². The molecular weight excluding hydrogens is 549 g/mol. The lowest BCUT2D eigenvalue weighted by atomic mass is 10.2. The molecule has 2 aliphatic rings. The number of rotatable bonds is 7. The molecule has 0 aliphatic carbocycles. The number of para-hydroxylation sites is 1. The minimum absolute atomic E-state index is 0.0291. The number of ether oxygens (including phenoxy) is 2. The van der Waals surface area contributed by atoms with Gasteiger partial charge in [-0.3, -0.25) is 28.2 Å². The Kier molecular flexibility index (Phi) is 7.74. The van der Waals surface area contributed by atoms with Crippen molar-refractivity contribution in [2.45, 2.75) is 44.4 Å². The summed E-state index contributed by atoms with van der Waals surface area (Å²) in [5.74, 6) is -0.314. The molecule has 12 nitrogen and oxygen atoms in total. The van der Waals surface area contributed by atoms with Crippen LogP contribution in [-0.2, 0) is 34.5 Å². The summed E-state index contributed by atoms with van der Waals surface area (Å²) in [4.78, 5) is 40.3. The van der Waals surface area contributed by atoms with Gasteiger partial charge in [0.05, 0.1) is 18.8 Å². The monoisotopic (exact) mass is 571 g/mol. The topological polar surface area (TPSA) is 161 Å². The molecule has 1 saturated heterocycles. The first-order valence-electron chi connectivity index (χ1n) is 10.6. The van der Waals surface area contributed by atoms with Crippen LogP contribution in [0.4, 0.5) is 0 Å². The lowest BCUT2D eigenvalue weighted by molar-refractivity contribution is -0.154. The molecule has 2 aliphatic heterocycles. The van der Waals surface area contributed by atoms with E-state index in [0.717, 1.165) is 0 Å². The number of esters is 1. The zero-order valence-corrected chi connectivity index (χ0v) is 21.0. The summed E-state index contributed by atoms with van der Waals surface area (Å²) < 4.78 is 41.8. The predicted molar refractivity (Wildman–Crippen MR) is 127 cm³/mol. The van der Waals surface area contributed by atoms with Gasteiger partial charge in [0.15, 0.2) is 0 Å². The number of benzene rings is 1. The van der Waals surface area contributed by atoms with Crippen molar-refractivity contribution in [3.05, 3.63) is 67.4 Å². The van der Waals surface area contributed by atoms with Crippen molar-refractivity contribution in [1.29, 1.82) is 0 Å². The van der Waals surface area contributed by atoms with E-state index in [1.165, 1.54) is 28.7 Å². The van der Waals surface area contributed by atoms with Crippen LogP contribution < -0.4 is 21.5 Å². The van der Waals surface area contributed by atoms with Crippen LogP contribution in [-0.4, -0.2) is 40.4 Å². The minimum Gasteiger partial charge on any atom is -0.458 e. The summed E-state index contributed by atoms with van der Waals surface area (Å²) >= 11 is 3.09. The molecule has 1 unspecified atom stereocenters. The number of hydrogen-bond acceptors (Lipinski definition) is 10. The van der Waals surface area contributed by atoms with Crippen molar-refractivity contribution >= 4 is 35.8 Å². The van der Waals surface area contributed by atoms with Gasteiger partial charge in [-0.1, -0.05) is 34.1 Å². The molecule has 35 heavy (non-hydrogen) atoms. The maximum absolute atomic E-state index is 13.0. The Morgan fingerprint density at radius 2 is 2.17 bits per heavy atom. The van der Waals surface area contributed by atoms with Crippen LogP contribution in [0.5, 0.6) is 5.75 Å². The van der Waals surface area contributed by atoms with Crippen LogP contribution >= 0.6 is 23.8 Å². The number of nitrogens with zero attached hydrogens (tertiary/aromatic N) is 1. The van der Waals surface area contributed by atoms with E-state index in [0.29, 0.717) is 11.3 Å². The maximum atomic E-state index is 13.0. The summed E-state index contributed by atoms with van der Waals surface area (Å²) in [5, 5.41) is 0. The second-order valence-electron chi connectivity index (χ2n) is 7.89. The van der Waals surface area contributed by atoms with Crippen LogP contribution in [0.3, 0.4) is 0 Å². The number of carbonyl (C=O) groups is 1. The Bertz CT molecular complexity index is 1290. The molecule has 0 amide bonds. The molecular formula is C21H23BrN3O9P. The van der Waals surface area contributed by atoms with Crippen molar-refractivity contribution in [1.82, 2.24) is 9.55 Å². The second kappa shape index (κ2) is 10.6. The molecule has 5 atom stereocenters. The van der Waals surface area contributed by atoms with Crippen molar-refractivity contribution in [2.75, 3.05) is 6.61 Å². The van der Waals surface area contributed by atoms with Gasteiger partial charge >= 0.3 is 19.5 Å². The molecule has 0 bridgehead atoms. The summed E-state index contributed by atoms with van der Waals surface area (Å²) in [7, 11) is -3.98. The van der Waals surface area contributed by atoms with E-state index in [9.17, 15) is 18.9 Å². The Labute approximate surface area is 207 Å². The second-order valence-corrected chi connectivity index (χ2v) is 10.0. The smallest absolute Gasteiger partial charge is 0.458 e. The van der Waals surface area contributed by atoms with E-state index in [-0.39, 0.29) is 25.2 Å². The predicted octanol–water partition coefficient (Wildman–Crippen LogP) is 2.18. The number of carbonyl (C=O) groups excluding carboxylic acids is 1. The lowest BCUT2D eigenvalue weighted by Gasteiger charge is -2.26. The summed E-state index contributed by atoms with van der Waals surface area (Å²) in [6.45, 7) is 1.16. The number of phosphoric ester groups is 1. The highest BCUT2D eigenvalue weighted by Crippen LogP contribution is 2.54. The Hall–Kier alpha value is -2.54. The largest absolute Gasteiger partial charge is 0.530 e. The Balaban J connectivity index is 1.54. The van der Waals surface area contributed by atoms with Gasteiger partial charge in [0.25, 0.3) is 5.56 Å². The third-order valence-electron chi connectivity index (χ3n) is 5.33. The van der Waals surface area contributed by atoms with E-state index >= 15 is 0 Å². The number of fused-ring (bicyclic) bond motifs is 1. The highest BCUT2D eigenvalue weighted by Gasteiger charge is 2.43. The summed E-state index contributed by atoms with van der Waals surface area (Å²) in [6, 6.07) is 6.04. The first kappa shape index (κ1) is 25.5. The Morgan fingerprint density at radius 3 is 2.91 bits per heavy atom. The van der Waals surface area contributed by atoms with Crippen LogP contribution in [0, 0.1) is 0 Å². The zero-order valence-electron chi connectivity index (χ0n) is 18.5. The third-order valence-corrected chi connectivity index (χ3v) is 6.92. The van der Waals surface area contributed by atoms with E-state index in [2.05, 4.69) is 20.9 Å². The van der Waals surface area contributed by atoms with E-state index < -0.39 is 49.5 Å². The standard InChI is InChI=1S/C21H23BrN3O9P/c1-12(23)20(27)33-16-8-18(25-9-13(6-7-22)19(26)24-21(25)28)32-17(16)11-31-35(29)30-10-14-4-2-3-5-15(14)34-35/h2-7,9,12,16-18H,8,10-11,23H2,1H3,(H,24,26,28)/b7-6+/t12-,16-,17+,18+,35?/m0/s1. The van der Waals surface area contributed by atoms with Gasteiger partial charge in [-0.2, -0.15) is 0 Å². The molecule has 1 aromatic heterocycles. The molecule has 0 radical (unpaired) electrons. The van der Waals surface area contributed by atoms with Crippen molar-refractivity contribution in [3.63, 3.8) is 0 Å². The van der Waals surface area contributed by atoms with Crippen LogP contribution in [0.2, 0.25) is 0 Å². The quantitative estimate of drug-likeness (QED) is 0.372. The molecule has 3 heterocycles. The van der Waals surface area contributed by atoms with Gasteiger partial charge in [0.2, 0.25) is 0 Å². The molecule has 14 heteroatoms. The summed E-state index contributed by atoms with van der Waals surface area (Å²) in [6.07, 6.45) is 0.0763. The fourth-order valence-corrected chi connectivity index (χ4v) is 5.05. The van der Waals surface area contributed by atoms with Gasteiger partial charge in [0, 0.05) is 18.2 Å². The van der Waals surface area contributed by atoms with Gasteiger partial charge in [0.1, 0.15) is 30.2 Å². The van der Waals surface area contributed by atoms with Gasteiger partial charge in [-0.15, -0.1) is 0 Å². The molecule has 2 aromatic rings. The number of phosphoric acid groups is 1. The normalized spacial score (nSPS) is 26.8. The highest BCUT2D eigenvalue weighted by atomic mass is 79.9. The molecule has 0 saturated carbocycles. The van der Waals surface area contributed by atoms with Crippen LogP contribution in [0.15, 0.2) is 45.0 Å². The maximum Gasteiger partial charge on any atom is 0.530 e. The molecule has 1 fully saturated rings. The zero-order chi connectivity index (χ0) is 25.2. The molecule has 3 N–H and O–H groups in total. The third kappa shape index (κ3) is 5.83. The molecule has 0 spiro atoms. The van der Waals surface area contributed by atoms with Crippen molar-refractivity contribution in [3.8, 4) is 5.75 Å². The van der Waals surface area contributed by atoms with Gasteiger partial charge < -0.3 is 19.7 Å². The fourth-order valence-electron chi connectivity index (χ4n) is 3.54. The number of hydrogen-bond donors (Lipinski definition) is 2. The number of aromatic nitrogens is 2. The SMILES string of the molecule is C[C@H](N)C(=O)O[C@H]1C[C@H](n2cc(/C=C/Br)c(=O)[nH]c2=O)O[C@@H]1COP1(=O)OCc2ccccc2O1. The average molecular weight is 572 g/mol. The van der Waals surface area contributed by atoms with Crippen LogP contribution in [0.1, 0.15) is 30.7 Å². The van der Waals surface area contributed by atoms with E-state index in [4.69, 9.17) is 28.8 Å². The number of aromatic amines is 1. The molecule has 1 aromatic carbocycles. The van der Waals surface area contributed by atoms with E-state index in [1.807, 2.05) is 0 Å². The highest BCUT2D eigenvalue weighted by molar-refractivity contribution is 9.11. The number of nitrogens with two attached hydrogens (primary N) is 1. The van der Waals surface area contributed by atoms with Crippen molar-refractivity contribution in [2.24, 2.45) is 5.73 Å².